The van der Waals surface area contributed by atoms with Crippen LogP contribution in [0, 0.1) is 6.92 Å². The van der Waals surface area contributed by atoms with Crippen molar-refractivity contribution < 1.29 is 0 Å². The van der Waals surface area contributed by atoms with Crippen LogP contribution in [-0.2, 0) is 5.41 Å². The molecule has 0 N–H and O–H groups in total. The van der Waals surface area contributed by atoms with E-state index in [0.29, 0.717) is 0 Å². The molecule has 1 aliphatic heterocycles. The van der Waals surface area contributed by atoms with Gasteiger partial charge >= 0.3 is 0 Å². The van der Waals surface area contributed by atoms with Crippen LogP contribution in [0.2, 0.25) is 13.1 Å². The molecule has 7 aromatic carbocycles. The van der Waals surface area contributed by atoms with Gasteiger partial charge in [0.25, 0.3) is 0 Å². The summed E-state index contributed by atoms with van der Waals surface area (Å²) in [5.41, 5.74) is 14.9. The van der Waals surface area contributed by atoms with E-state index in [1.807, 2.05) is 0 Å². The SMILES string of the molecule is Cc1ccc2c(-c3ccc4c(c3)C(C)(C)c3ccccc3-4)c3ccccc3c(-c3ccc4c(c3)-c3ccccc3[Si]4(C)C)c2c1. The van der Waals surface area contributed by atoms with Gasteiger partial charge in [0, 0.05) is 5.41 Å². The first-order valence-electron chi connectivity index (χ1n) is 16.2. The zero-order chi connectivity index (χ0) is 30.7. The Balaban J connectivity index is 1.33. The molecule has 0 nitrogen and oxygen atoms in total. The van der Waals surface area contributed by atoms with E-state index in [9.17, 15) is 0 Å². The standard InChI is InChI=1S/C44H36Si/c1-27-18-21-35-37(24-27)43(28-20-23-41-36(25-28)32-13-9-11-17-40(32)45(41,4)5)34-15-7-6-14-33(34)42(35)29-19-22-31-30-12-8-10-16-38(30)44(2,3)39(31)26-29/h6-26H,1-5H3. The van der Waals surface area contributed by atoms with Crippen molar-refractivity contribution in [2.75, 3.05) is 0 Å². The molecule has 0 saturated heterocycles. The summed E-state index contributed by atoms with van der Waals surface area (Å²) < 4.78 is 0. The highest BCUT2D eigenvalue weighted by Gasteiger charge is 2.38. The number of fused-ring (bicyclic) bond motifs is 8. The molecule has 7 aromatic rings. The second-order valence-electron chi connectivity index (χ2n) is 14.2. The highest BCUT2D eigenvalue weighted by molar-refractivity contribution is 7.03. The lowest BCUT2D eigenvalue weighted by Gasteiger charge is -2.23. The van der Waals surface area contributed by atoms with Gasteiger partial charge in [-0.1, -0.05) is 148 Å². The van der Waals surface area contributed by atoms with E-state index in [-0.39, 0.29) is 5.41 Å². The Morgan fingerprint density at radius 1 is 0.444 bits per heavy atom. The van der Waals surface area contributed by atoms with Crippen molar-refractivity contribution in [2.24, 2.45) is 0 Å². The monoisotopic (exact) mass is 592 g/mol. The first-order valence-corrected chi connectivity index (χ1v) is 19.2. The number of hydrogen-bond donors (Lipinski definition) is 0. The second kappa shape index (κ2) is 9.16. The second-order valence-corrected chi connectivity index (χ2v) is 18.5. The highest BCUT2D eigenvalue weighted by Crippen LogP contribution is 2.51. The van der Waals surface area contributed by atoms with Gasteiger partial charge < -0.3 is 0 Å². The number of benzene rings is 7. The van der Waals surface area contributed by atoms with Crippen molar-refractivity contribution in [3.8, 4) is 44.5 Å². The molecule has 0 saturated carbocycles. The summed E-state index contributed by atoms with van der Waals surface area (Å²) in [6, 6.07) is 48.7. The molecule has 0 bridgehead atoms. The van der Waals surface area contributed by atoms with E-state index >= 15 is 0 Å². The summed E-state index contributed by atoms with van der Waals surface area (Å²) in [5.74, 6) is 0. The summed E-state index contributed by atoms with van der Waals surface area (Å²) >= 11 is 0. The Labute approximate surface area is 267 Å². The fraction of sp³-hybridized carbons (Fsp3) is 0.136. The van der Waals surface area contributed by atoms with Crippen LogP contribution >= 0.6 is 0 Å². The number of aryl methyl sites for hydroxylation is 1. The average molecular weight is 593 g/mol. The third-order valence-electron chi connectivity index (χ3n) is 10.9. The molecule has 0 fully saturated rings. The maximum absolute atomic E-state index is 2.50. The van der Waals surface area contributed by atoms with E-state index in [0.717, 1.165) is 0 Å². The number of rotatable bonds is 2. The fourth-order valence-corrected chi connectivity index (χ4v) is 11.7. The Bertz CT molecular complexity index is 2390. The van der Waals surface area contributed by atoms with Crippen LogP contribution in [0.25, 0.3) is 66.1 Å². The minimum absolute atomic E-state index is 0.0398. The molecule has 0 radical (unpaired) electrons. The first kappa shape index (κ1) is 26.7. The van der Waals surface area contributed by atoms with Gasteiger partial charge in [0.05, 0.1) is 0 Å². The molecule has 0 aromatic heterocycles. The van der Waals surface area contributed by atoms with Crippen LogP contribution in [0.1, 0.15) is 30.5 Å². The van der Waals surface area contributed by atoms with E-state index in [1.165, 1.54) is 82.7 Å². The fourth-order valence-electron chi connectivity index (χ4n) is 8.65. The largest absolute Gasteiger partial charge is 0.113 e. The van der Waals surface area contributed by atoms with Gasteiger partial charge in [0.15, 0.2) is 0 Å². The summed E-state index contributed by atoms with van der Waals surface area (Å²) in [6.07, 6.45) is 0. The van der Waals surface area contributed by atoms with Gasteiger partial charge in [-0.25, -0.2) is 0 Å². The predicted molar refractivity (Wildman–Crippen MR) is 197 cm³/mol. The topological polar surface area (TPSA) is 0 Å². The van der Waals surface area contributed by atoms with Crippen molar-refractivity contribution in [1.29, 1.82) is 0 Å². The zero-order valence-electron chi connectivity index (χ0n) is 26.6. The maximum Gasteiger partial charge on any atom is 0.113 e. The Morgan fingerprint density at radius 2 is 1.02 bits per heavy atom. The minimum atomic E-state index is -1.72. The minimum Gasteiger partial charge on any atom is -0.0623 e. The molecule has 0 spiro atoms. The zero-order valence-corrected chi connectivity index (χ0v) is 27.6. The molecular weight excluding hydrogens is 557 g/mol. The Kier molecular flexibility index (Phi) is 5.42. The van der Waals surface area contributed by atoms with Crippen molar-refractivity contribution >= 4 is 40.0 Å². The molecule has 2 aliphatic rings. The summed E-state index contributed by atoms with van der Waals surface area (Å²) in [4.78, 5) is 0. The Hall–Kier alpha value is -4.72. The van der Waals surface area contributed by atoms with Gasteiger partial charge in [-0.2, -0.15) is 0 Å². The lowest BCUT2D eigenvalue weighted by atomic mass is 9.80. The predicted octanol–water partition coefficient (Wildman–Crippen LogP) is 10.7. The molecule has 0 unspecified atom stereocenters. The molecule has 0 atom stereocenters. The normalized spacial score (nSPS) is 15.1. The van der Waals surface area contributed by atoms with Crippen LogP contribution in [0.3, 0.4) is 0 Å². The van der Waals surface area contributed by atoms with Crippen LogP contribution in [0.4, 0.5) is 0 Å². The molecule has 9 rings (SSSR count). The van der Waals surface area contributed by atoms with Crippen molar-refractivity contribution in [2.45, 2.75) is 39.3 Å². The summed E-state index contributed by atoms with van der Waals surface area (Å²) in [6.45, 7) is 12.0. The first-order chi connectivity index (χ1) is 21.7. The quantitative estimate of drug-likeness (QED) is 0.138. The molecule has 1 heterocycles. The molecular formula is C44H36Si. The van der Waals surface area contributed by atoms with Crippen molar-refractivity contribution in [3.05, 3.63) is 144 Å². The lowest BCUT2D eigenvalue weighted by Crippen LogP contribution is -2.49. The molecule has 1 heteroatoms. The van der Waals surface area contributed by atoms with Crippen LogP contribution in [0.15, 0.2) is 127 Å². The highest BCUT2D eigenvalue weighted by atomic mass is 28.3. The van der Waals surface area contributed by atoms with Crippen molar-refractivity contribution in [1.82, 2.24) is 0 Å². The van der Waals surface area contributed by atoms with Gasteiger partial charge in [0.2, 0.25) is 0 Å². The van der Waals surface area contributed by atoms with E-state index in [4.69, 9.17) is 0 Å². The van der Waals surface area contributed by atoms with Gasteiger partial charge in [-0.05, 0) is 107 Å². The summed E-state index contributed by atoms with van der Waals surface area (Å²) in [7, 11) is -1.72. The van der Waals surface area contributed by atoms with Crippen LogP contribution < -0.4 is 10.4 Å². The van der Waals surface area contributed by atoms with E-state index in [1.54, 1.807) is 10.4 Å². The molecule has 216 valence electrons. The smallest absolute Gasteiger partial charge is 0.0623 e. The average Bonchev–Trinajstić information content (AvgIpc) is 3.42. The molecule has 0 amide bonds. The van der Waals surface area contributed by atoms with Gasteiger partial charge in [-0.3, -0.25) is 0 Å². The maximum atomic E-state index is 2.50. The van der Waals surface area contributed by atoms with E-state index in [2.05, 4.69) is 161 Å². The third kappa shape index (κ3) is 3.59. The van der Waals surface area contributed by atoms with E-state index < -0.39 is 8.07 Å². The lowest BCUT2D eigenvalue weighted by molar-refractivity contribution is 0.660. The number of hydrogen-bond acceptors (Lipinski definition) is 0. The third-order valence-corrected chi connectivity index (χ3v) is 14.5. The summed E-state index contributed by atoms with van der Waals surface area (Å²) in [5, 5.41) is 8.38. The van der Waals surface area contributed by atoms with Crippen LogP contribution in [0.5, 0.6) is 0 Å². The van der Waals surface area contributed by atoms with Gasteiger partial charge in [-0.15, -0.1) is 0 Å². The molecule has 45 heavy (non-hydrogen) atoms. The Morgan fingerprint density at radius 3 is 1.82 bits per heavy atom. The van der Waals surface area contributed by atoms with Crippen LogP contribution in [-0.4, -0.2) is 8.07 Å². The molecule has 1 aliphatic carbocycles. The van der Waals surface area contributed by atoms with Crippen molar-refractivity contribution in [3.63, 3.8) is 0 Å². The van der Waals surface area contributed by atoms with Gasteiger partial charge in [0.1, 0.15) is 8.07 Å².